The zero-order valence-electron chi connectivity index (χ0n) is 15.1. The highest BCUT2D eigenvalue weighted by atomic mass is 79.9. The van der Waals surface area contributed by atoms with Crippen LogP contribution < -0.4 is 10.9 Å². The number of aryl methyl sites for hydroxylation is 1. The number of nitrogens with one attached hydrogen (secondary N) is 2. The minimum atomic E-state index is -3.61. The van der Waals surface area contributed by atoms with Gasteiger partial charge in [-0.25, -0.2) is 8.42 Å². The van der Waals surface area contributed by atoms with Gasteiger partial charge in [0.05, 0.1) is 0 Å². The summed E-state index contributed by atoms with van der Waals surface area (Å²) in [6, 6.07) is 4.71. The highest BCUT2D eigenvalue weighted by Crippen LogP contribution is 2.23. The van der Waals surface area contributed by atoms with Crippen molar-refractivity contribution in [3.05, 3.63) is 47.0 Å². The molecule has 0 spiro atoms. The van der Waals surface area contributed by atoms with E-state index >= 15 is 0 Å². The average molecular weight is 470 g/mol. The fourth-order valence-electron chi connectivity index (χ4n) is 3.04. The second-order valence-corrected chi connectivity index (χ2v) is 9.32. The Kier molecular flexibility index (Phi) is 6.16. The molecule has 0 saturated carbocycles. The summed E-state index contributed by atoms with van der Waals surface area (Å²) in [5.74, 6) is -1.14. The number of carbonyl (C=O) groups is 2. The highest BCUT2D eigenvalue weighted by molar-refractivity contribution is 9.10. The lowest BCUT2D eigenvalue weighted by molar-refractivity contribution is -0.126. The van der Waals surface area contributed by atoms with E-state index in [0.29, 0.717) is 18.5 Å². The summed E-state index contributed by atoms with van der Waals surface area (Å²) < 4.78 is 28.9. The van der Waals surface area contributed by atoms with Gasteiger partial charge in [0.15, 0.2) is 0 Å². The number of sulfonamides is 1. The lowest BCUT2D eigenvalue weighted by Gasteiger charge is -2.30. The van der Waals surface area contributed by atoms with Crippen LogP contribution in [0, 0.1) is 5.92 Å². The van der Waals surface area contributed by atoms with Gasteiger partial charge in [-0.05, 0) is 47.0 Å². The SMILES string of the molecule is Cn1cc(Br)cc1C(=O)NNC(=O)C1CCN(S(=O)(=O)c2cccnc2)CC1. The summed E-state index contributed by atoms with van der Waals surface area (Å²) in [7, 11) is -1.89. The fourth-order valence-corrected chi connectivity index (χ4v) is 5.00. The Hall–Kier alpha value is -2.24. The smallest absolute Gasteiger partial charge is 0.286 e. The van der Waals surface area contributed by atoms with E-state index in [-0.39, 0.29) is 29.8 Å². The van der Waals surface area contributed by atoms with Gasteiger partial charge in [-0.2, -0.15) is 4.31 Å². The molecule has 28 heavy (non-hydrogen) atoms. The molecule has 3 heterocycles. The molecule has 1 aliphatic heterocycles. The summed E-state index contributed by atoms with van der Waals surface area (Å²) in [6.45, 7) is 0.460. The van der Waals surface area contributed by atoms with Gasteiger partial charge in [0, 0.05) is 49.1 Å². The van der Waals surface area contributed by atoms with Crippen molar-refractivity contribution < 1.29 is 18.0 Å². The zero-order chi connectivity index (χ0) is 20.3. The molecule has 1 fully saturated rings. The van der Waals surface area contributed by atoms with Crippen LogP contribution in [0.5, 0.6) is 0 Å². The Bertz CT molecular complexity index is 969. The molecule has 0 aliphatic carbocycles. The standard InChI is InChI=1S/C17H20BrN5O4S/c1-22-11-13(18)9-15(22)17(25)21-20-16(24)12-4-7-23(8-5-12)28(26,27)14-3-2-6-19-10-14/h2-3,6,9-12H,4-5,7-8H2,1H3,(H,20,24)(H,21,25). The van der Waals surface area contributed by atoms with E-state index in [0.717, 1.165) is 4.47 Å². The van der Waals surface area contributed by atoms with Crippen LogP contribution in [-0.2, 0) is 21.9 Å². The molecule has 2 amide bonds. The van der Waals surface area contributed by atoms with Crippen molar-refractivity contribution in [2.75, 3.05) is 13.1 Å². The molecule has 9 nitrogen and oxygen atoms in total. The summed E-state index contributed by atoms with van der Waals surface area (Å²) in [5.41, 5.74) is 5.22. The van der Waals surface area contributed by atoms with Gasteiger partial charge in [0.2, 0.25) is 15.9 Å². The van der Waals surface area contributed by atoms with Crippen LogP contribution in [0.1, 0.15) is 23.3 Å². The van der Waals surface area contributed by atoms with Crippen molar-refractivity contribution in [2.24, 2.45) is 13.0 Å². The molecule has 0 bridgehead atoms. The van der Waals surface area contributed by atoms with E-state index in [1.165, 1.54) is 22.8 Å². The van der Waals surface area contributed by atoms with E-state index in [1.54, 1.807) is 29.9 Å². The first-order chi connectivity index (χ1) is 13.3. The number of piperidine rings is 1. The first-order valence-corrected chi connectivity index (χ1v) is 10.8. The van der Waals surface area contributed by atoms with Gasteiger partial charge in [0.1, 0.15) is 10.6 Å². The van der Waals surface area contributed by atoms with Gasteiger partial charge >= 0.3 is 0 Å². The summed E-state index contributed by atoms with van der Waals surface area (Å²) in [6.07, 6.45) is 5.30. The third-order valence-electron chi connectivity index (χ3n) is 4.60. The molecule has 2 N–H and O–H groups in total. The van der Waals surface area contributed by atoms with Crippen LogP contribution in [0.25, 0.3) is 0 Å². The zero-order valence-corrected chi connectivity index (χ0v) is 17.5. The quantitative estimate of drug-likeness (QED) is 0.649. The molecule has 0 radical (unpaired) electrons. The van der Waals surface area contributed by atoms with E-state index < -0.39 is 15.9 Å². The van der Waals surface area contributed by atoms with Crippen LogP contribution >= 0.6 is 15.9 Å². The van der Waals surface area contributed by atoms with Gasteiger partial charge in [-0.3, -0.25) is 25.4 Å². The van der Waals surface area contributed by atoms with Crippen molar-refractivity contribution in [1.82, 2.24) is 24.7 Å². The number of aromatic nitrogens is 2. The third kappa shape index (κ3) is 4.42. The van der Waals surface area contributed by atoms with Gasteiger partial charge in [0.25, 0.3) is 5.91 Å². The minimum Gasteiger partial charge on any atom is -0.345 e. The number of pyridine rings is 1. The lowest BCUT2D eigenvalue weighted by atomic mass is 9.98. The van der Waals surface area contributed by atoms with Crippen LogP contribution in [0.4, 0.5) is 0 Å². The first-order valence-electron chi connectivity index (χ1n) is 8.61. The molecule has 0 atom stereocenters. The molecule has 150 valence electrons. The van der Waals surface area contributed by atoms with Gasteiger partial charge < -0.3 is 4.57 Å². The summed E-state index contributed by atoms with van der Waals surface area (Å²) in [4.78, 5) is 28.5. The Labute approximate surface area is 171 Å². The Morgan fingerprint density at radius 2 is 1.96 bits per heavy atom. The van der Waals surface area contributed by atoms with Crippen LogP contribution in [0.15, 0.2) is 46.2 Å². The number of amides is 2. The Balaban J connectivity index is 1.53. The number of nitrogens with zero attached hydrogens (tertiary/aromatic N) is 3. The lowest BCUT2D eigenvalue weighted by Crippen LogP contribution is -2.48. The normalized spacial score (nSPS) is 15.9. The molecule has 11 heteroatoms. The van der Waals surface area contributed by atoms with Crippen molar-refractivity contribution in [1.29, 1.82) is 0 Å². The maximum Gasteiger partial charge on any atom is 0.286 e. The first kappa shape index (κ1) is 20.5. The molecular formula is C17H20BrN5O4S. The van der Waals surface area contributed by atoms with E-state index in [2.05, 4.69) is 31.8 Å². The van der Waals surface area contributed by atoms with Crippen molar-refractivity contribution in [3.63, 3.8) is 0 Å². The number of rotatable bonds is 4. The number of hydrogen-bond acceptors (Lipinski definition) is 5. The fraction of sp³-hybridized carbons (Fsp3) is 0.353. The van der Waals surface area contributed by atoms with Gasteiger partial charge in [-0.15, -0.1) is 0 Å². The molecule has 0 unspecified atom stereocenters. The average Bonchev–Trinajstić information content (AvgIpc) is 3.04. The van der Waals surface area contributed by atoms with Crippen molar-refractivity contribution in [2.45, 2.75) is 17.7 Å². The van der Waals surface area contributed by atoms with Crippen molar-refractivity contribution >= 4 is 37.8 Å². The Morgan fingerprint density at radius 3 is 2.54 bits per heavy atom. The second kappa shape index (κ2) is 8.41. The molecule has 2 aromatic heterocycles. The molecule has 1 aliphatic rings. The van der Waals surface area contributed by atoms with Crippen LogP contribution in [0.3, 0.4) is 0 Å². The van der Waals surface area contributed by atoms with Crippen molar-refractivity contribution in [3.8, 4) is 0 Å². The maximum absolute atomic E-state index is 12.6. The molecule has 1 saturated heterocycles. The topological polar surface area (TPSA) is 113 Å². The number of hydrazine groups is 1. The highest BCUT2D eigenvalue weighted by Gasteiger charge is 2.32. The van der Waals surface area contributed by atoms with Crippen LogP contribution in [-0.4, -0.2) is 47.2 Å². The van der Waals surface area contributed by atoms with Gasteiger partial charge in [-0.1, -0.05) is 0 Å². The predicted molar refractivity (Wildman–Crippen MR) is 104 cm³/mol. The number of hydrogen-bond donors (Lipinski definition) is 2. The predicted octanol–water partition coefficient (Wildman–Crippen LogP) is 1.04. The number of carbonyl (C=O) groups excluding carboxylic acids is 2. The van der Waals surface area contributed by atoms with Crippen LogP contribution in [0.2, 0.25) is 0 Å². The molecule has 2 aromatic rings. The summed E-state index contributed by atoms with van der Waals surface area (Å²) >= 11 is 3.29. The molecular weight excluding hydrogens is 450 g/mol. The molecule has 3 rings (SSSR count). The number of halogens is 1. The monoisotopic (exact) mass is 469 g/mol. The third-order valence-corrected chi connectivity index (χ3v) is 6.92. The minimum absolute atomic E-state index is 0.138. The Morgan fingerprint density at radius 1 is 1.25 bits per heavy atom. The largest absolute Gasteiger partial charge is 0.345 e. The maximum atomic E-state index is 12.6. The van der Waals surface area contributed by atoms with E-state index in [1.807, 2.05) is 0 Å². The molecule has 0 aromatic carbocycles. The summed E-state index contributed by atoms with van der Waals surface area (Å²) in [5, 5.41) is 0. The second-order valence-electron chi connectivity index (χ2n) is 6.46. The van der Waals surface area contributed by atoms with E-state index in [9.17, 15) is 18.0 Å². The van der Waals surface area contributed by atoms with E-state index in [4.69, 9.17) is 0 Å².